The van der Waals surface area contributed by atoms with Crippen LogP contribution in [0.15, 0.2) is 6.20 Å². The minimum atomic E-state index is -0.489. The highest BCUT2D eigenvalue weighted by Crippen LogP contribution is 2.18. The molecule has 1 aromatic rings. The van der Waals surface area contributed by atoms with Gasteiger partial charge in [-0.3, -0.25) is 4.90 Å². The summed E-state index contributed by atoms with van der Waals surface area (Å²) in [7, 11) is 0. The fraction of sp³-hybridized carbons (Fsp3) is 0.714. The summed E-state index contributed by atoms with van der Waals surface area (Å²) in [5.41, 5.74) is -0.475. The van der Waals surface area contributed by atoms with Gasteiger partial charge in [-0.15, -0.1) is 11.3 Å². The molecule has 1 aliphatic heterocycles. The zero-order valence-corrected chi connectivity index (χ0v) is 13.3. The van der Waals surface area contributed by atoms with Crippen LogP contribution in [0.25, 0.3) is 0 Å². The van der Waals surface area contributed by atoms with Crippen molar-refractivity contribution in [3.63, 3.8) is 0 Å². The molecule has 112 valence electrons. The molecule has 1 aliphatic rings. The van der Waals surface area contributed by atoms with Crippen molar-refractivity contribution in [2.24, 2.45) is 0 Å². The Morgan fingerprint density at radius 1 is 1.60 bits per heavy atom. The van der Waals surface area contributed by atoms with E-state index in [0.29, 0.717) is 13.2 Å². The van der Waals surface area contributed by atoms with Gasteiger partial charge in [0.2, 0.25) is 0 Å². The van der Waals surface area contributed by atoms with E-state index >= 15 is 0 Å². The van der Waals surface area contributed by atoms with E-state index in [1.807, 2.05) is 33.9 Å². The van der Waals surface area contributed by atoms with E-state index in [1.54, 1.807) is 11.3 Å². The van der Waals surface area contributed by atoms with Gasteiger partial charge in [0.1, 0.15) is 5.60 Å². The van der Waals surface area contributed by atoms with E-state index in [-0.39, 0.29) is 5.97 Å². The lowest BCUT2D eigenvalue weighted by molar-refractivity contribution is -0.174. The number of hydrogen-bond acceptors (Lipinski definition) is 6. The lowest BCUT2D eigenvalue weighted by Crippen LogP contribution is -2.47. The predicted molar refractivity (Wildman–Crippen MR) is 77.7 cm³/mol. The van der Waals surface area contributed by atoms with Crippen LogP contribution >= 0.6 is 11.3 Å². The smallest absolute Gasteiger partial charge is 0.337 e. The van der Waals surface area contributed by atoms with Crippen molar-refractivity contribution in [2.45, 2.75) is 45.9 Å². The molecule has 0 aliphatic carbocycles. The monoisotopic (exact) mass is 298 g/mol. The molecule has 1 atom stereocenters. The van der Waals surface area contributed by atoms with Gasteiger partial charge in [-0.05, 0) is 27.7 Å². The van der Waals surface area contributed by atoms with Gasteiger partial charge < -0.3 is 9.47 Å². The predicted octanol–water partition coefficient (Wildman–Crippen LogP) is 1.99. The van der Waals surface area contributed by atoms with Gasteiger partial charge in [0.05, 0.1) is 11.6 Å². The van der Waals surface area contributed by atoms with Crippen LogP contribution in [0, 0.1) is 6.92 Å². The standard InChI is InChI=1S/C14H22N2O3S/c1-10-15-7-11(20-10)8-16-5-6-18-12(9-16)13(17)19-14(2,3)4/h7,12H,5-6,8-9H2,1-4H3/t12-/m1/s1. The summed E-state index contributed by atoms with van der Waals surface area (Å²) in [6.45, 7) is 10.4. The molecule has 1 saturated heterocycles. The molecule has 1 aromatic heterocycles. The van der Waals surface area contributed by atoms with Crippen molar-refractivity contribution in [1.82, 2.24) is 9.88 Å². The summed E-state index contributed by atoms with van der Waals surface area (Å²) in [5.74, 6) is -0.275. The number of nitrogens with zero attached hydrogens (tertiary/aromatic N) is 2. The first-order chi connectivity index (χ1) is 9.33. The minimum absolute atomic E-state index is 0.275. The van der Waals surface area contributed by atoms with Crippen LogP contribution in [0.3, 0.4) is 0 Å². The Kier molecular flexibility index (Phi) is 4.78. The molecule has 0 bridgehead atoms. The molecule has 6 heteroatoms. The Hall–Kier alpha value is -0.980. The summed E-state index contributed by atoms with van der Waals surface area (Å²) >= 11 is 1.69. The van der Waals surface area contributed by atoms with Crippen molar-refractivity contribution in [2.75, 3.05) is 19.7 Å². The Morgan fingerprint density at radius 3 is 2.95 bits per heavy atom. The minimum Gasteiger partial charge on any atom is -0.458 e. The lowest BCUT2D eigenvalue weighted by Gasteiger charge is -2.32. The second-order valence-corrected chi connectivity index (χ2v) is 7.29. The van der Waals surface area contributed by atoms with E-state index in [1.165, 1.54) is 4.88 Å². The quantitative estimate of drug-likeness (QED) is 0.799. The zero-order valence-electron chi connectivity index (χ0n) is 12.5. The number of aryl methyl sites for hydroxylation is 1. The molecule has 1 fully saturated rings. The maximum Gasteiger partial charge on any atom is 0.337 e. The Bertz CT molecular complexity index is 467. The van der Waals surface area contributed by atoms with Gasteiger partial charge in [0.15, 0.2) is 6.10 Å². The average molecular weight is 298 g/mol. The van der Waals surface area contributed by atoms with Crippen molar-refractivity contribution < 1.29 is 14.3 Å². The number of morpholine rings is 1. The van der Waals surface area contributed by atoms with E-state index in [9.17, 15) is 4.79 Å². The van der Waals surface area contributed by atoms with E-state index < -0.39 is 11.7 Å². The summed E-state index contributed by atoms with van der Waals surface area (Å²) in [4.78, 5) is 19.7. The van der Waals surface area contributed by atoms with Crippen LogP contribution in [0.5, 0.6) is 0 Å². The number of hydrogen-bond donors (Lipinski definition) is 0. The van der Waals surface area contributed by atoms with Gasteiger partial charge in [-0.1, -0.05) is 0 Å². The largest absolute Gasteiger partial charge is 0.458 e. The molecule has 0 N–H and O–H groups in total. The van der Waals surface area contributed by atoms with Crippen molar-refractivity contribution >= 4 is 17.3 Å². The molecular formula is C14H22N2O3S. The summed E-state index contributed by atoms with van der Waals surface area (Å²) in [6.07, 6.45) is 1.41. The Labute approximate surface area is 123 Å². The van der Waals surface area contributed by atoms with Crippen LogP contribution in [0.2, 0.25) is 0 Å². The Morgan fingerprint density at radius 2 is 2.35 bits per heavy atom. The van der Waals surface area contributed by atoms with E-state index in [4.69, 9.17) is 9.47 Å². The highest BCUT2D eigenvalue weighted by Gasteiger charge is 2.30. The second-order valence-electron chi connectivity index (χ2n) is 5.97. The van der Waals surface area contributed by atoms with Crippen LogP contribution in [0.4, 0.5) is 0 Å². The first-order valence-corrected chi connectivity index (χ1v) is 7.63. The van der Waals surface area contributed by atoms with Gasteiger partial charge in [0, 0.05) is 30.7 Å². The number of carbonyl (C=O) groups is 1. The molecule has 2 heterocycles. The van der Waals surface area contributed by atoms with Crippen molar-refractivity contribution in [3.8, 4) is 0 Å². The summed E-state index contributed by atoms with van der Waals surface area (Å²) in [5, 5.41) is 1.07. The fourth-order valence-electron chi connectivity index (χ4n) is 2.06. The highest BCUT2D eigenvalue weighted by atomic mass is 32.1. The highest BCUT2D eigenvalue weighted by molar-refractivity contribution is 7.11. The van der Waals surface area contributed by atoms with E-state index in [2.05, 4.69) is 9.88 Å². The number of aromatic nitrogens is 1. The summed E-state index contributed by atoms with van der Waals surface area (Å²) < 4.78 is 10.9. The van der Waals surface area contributed by atoms with Gasteiger partial charge in [-0.25, -0.2) is 9.78 Å². The first kappa shape index (κ1) is 15.4. The number of carbonyl (C=O) groups excluding carboxylic acids is 1. The Balaban J connectivity index is 1.90. The molecule has 20 heavy (non-hydrogen) atoms. The molecule has 0 saturated carbocycles. The van der Waals surface area contributed by atoms with Crippen LogP contribution < -0.4 is 0 Å². The molecule has 0 aromatic carbocycles. The molecule has 2 rings (SSSR count). The molecule has 5 nitrogen and oxygen atoms in total. The molecular weight excluding hydrogens is 276 g/mol. The van der Waals surface area contributed by atoms with Crippen LogP contribution in [-0.2, 0) is 20.8 Å². The third-order valence-electron chi connectivity index (χ3n) is 2.87. The van der Waals surface area contributed by atoms with Crippen LogP contribution in [-0.4, -0.2) is 47.3 Å². The maximum atomic E-state index is 12.0. The van der Waals surface area contributed by atoms with Gasteiger partial charge in [0.25, 0.3) is 0 Å². The normalized spacial score (nSPS) is 20.9. The van der Waals surface area contributed by atoms with Crippen molar-refractivity contribution in [3.05, 3.63) is 16.1 Å². The number of esters is 1. The number of rotatable bonds is 3. The van der Waals surface area contributed by atoms with Gasteiger partial charge >= 0.3 is 5.97 Å². The molecule has 0 unspecified atom stereocenters. The maximum absolute atomic E-state index is 12.0. The lowest BCUT2D eigenvalue weighted by atomic mass is 10.2. The molecule has 0 radical (unpaired) electrons. The van der Waals surface area contributed by atoms with Crippen LogP contribution in [0.1, 0.15) is 30.7 Å². The topological polar surface area (TPSA) is 51.7 Å². The third kappa shape index (κ3) is 4.54. The average Bonchev–Trinajstić information content (AvgIpc) is 2.73. The summed E-state index contributed by atoms with van der Waals surface area (Å²) in [6, 6.07) is 0. The molecule has 0 amide bonds. The van der Waals surface area contributed by atoms with Crippen molar-refractivity contribution in [1.29, 1.82) is 0 Å². The van der Waals surface area contributed by atoms with Gasteiger partial charge in [-0.2, -0.15) is 0 Å². The molecule has 0 spiro atoms. The number of ether oxygens (including phenoxy) is 2. The third-order valence-corrected chi connectivity index (χ3v) is 3.77. The fourth-order valence-corrected chi connectivity index (χ4v) is 2.89. The second kappa shape index (κ2) is 6.20. The SMILES string of the molecule is Cc1ncc(CN2CCO[C@@H](C(=O)OC(C)(C)C)C2)s1. The zero-order chi connectivity index (χ0) is 14.8. The number of thiazole rings is 1. The van der Waals surface area contributed by atoms with E-state index in [0.717, 1.165) is 18.1 Å². The first-order valence-electron chi connectivity index (χ1n) is 6.81.